The molecule has 0 aliphatic carbocycles. The second kappa shape index (κ2) is 7.80. The lowest BCUT2D eigenvalue weighted by atomic mass is 10.1. The van der Waals surface area contributed by atoms with Crippen LogP contribution in [0.1, 0.15) is 16.9 Å². The molecular weight excluding hydrogens is 326 g/mol. The summed E-state index contributed by atoms with van der Waals surface area (Å²) in [5.74, 6) is 0.232. The molecule has 2 aromatic rings. The van der Waals surface area contributed by atoms with Gasteiger partial charge in [0.1, 0.15) is 11.8 Å². The van der Waals surface area contributed by atoms with Gasteiger partial charge in [-0.3, -0.25) is 9.59 Å². The number of nitrogens with one attached hydrogen (secondary N) is 2. The number of aromatic amines is 1. The zero-order chi connectivity index (χ0) is 17.6. The molecule has 0 radical (unpaired) electrons. The predicted molar refractivity (Wildman–Crippen MR) is 89.0 cm³/mol. The fraction of sp³-hybridized carbons (Fsp3) is 0.353. The van der Waals surface area contributed by atoms with Crippen LogP contribution in [0.5, 0.6) is 11.6 Å². The van der Waals surface area contributed by atoms with Crippen LogP contribution in [0.4, 0.5) is 0 Å². The smallest absolute Gasteiger partial charge is 0.268 e. The summed E-state index contributed by atoms with van der Waals surface area (Å²) in [6.45, 7) is 0.868. The summed E-state index contributed by atoms with van der Waals surface area (Å²) in [4.78, 5) is 31.1. The van der Waals surface area contributed by atoms with Crippen molar-refractivity contribution >= 4 is 5.91 Å². The highest BCUT2D eigenvalue weighted by Crippen LogP contribution is 2.15. The minimum absolute atomic E-state index is 0.152. The minimum Gasteiger partial charge on any atom is -0.491 e. The Kier molecular flexibility index (Phi) is 5.30. The van der Waals surface area contributed by atoms with Crippen molar-refractivity contribution in [3.8, 4) is 11.6 Å². The first kappa shape index (κ1) is 17.0. The van der Waals surface area contributed by atoms with E-state index < -0.39 is 0 Å². The second-order valence-electron chi connectivity index (χ2n) is 5.55. The Hall–Kier alpha value is -2.87. The van der Waals surface area contributed by atoms with Crippen molar-refractivity contribution in [2.75, 3.05) is 20.3 Å². The fourth-order valence-electron chi connectivity index (χ4n) is 2.56. The molecule has 0 aromatic carbocycles. The first-order valence-electron chi connectivity index (χ1n) is 7.90. The molecule has 0 spiro atoms. The van der Waals surface area contributed by atoms with Gasteiger partial charge in [-0.15, -0.1) is 0 Å². The van der Waals surface area contributed by atoms with E-state index in [0.717, 1.165) is 0 Å². The summed E-state index contributed by atoms with van der Waals surface area (Å²) in [5.41, 5.74) is -0.200. The van der Waals surface area contributed by atoms with Gasteiger partial charge >= 0.3 is 0 Å². The van der Waals surface area contributed by atoms with Gasteiger partial charge in [-0.2, -0.15) is 0 Å². The molecular formula is C17H19N3O5. The summed E-state index contributed by atoms with van der Waals surface area (Å²) in [7, 11) is 1.39. The number of carbonyl (C=O) groups excluding carboxylic acids is 1. The highest BCUT2D eigenvalue weighted by Gasteiger charge is 2.29. The molecule has 8 heteroatoms. The van der Waals surface area contributed by atoms with E-state index in [1.807, 2.05) is 6.07 Å². The topological polar surface area (TPSA) is 103 Å². The second-order valence-corrected chi connectivity index (χ2v) is 5.55. The molecule has 3 rings (SSSR count). The number of nitrogens with zero attached hydrogens (tertiary/aromatic N) is 1. The molecule has 0 unspecified atom stereocenters. The average molecular weight is 345 g/mol. The van der Waals surface area contributed by atoms with Crippen LogP contribution < -0.4 is 20.2 Å². The van der Waals surface area contributed by atoms with Crippen LogP contribution in [0.2, 0.25) is 0 Å². The number of hydrogen-bond acceptors (Lipinski definition) is 6. The van der Waals surface area contributed by atoms with Gasteiger partial charge in [-0.25, -0.2) is 4.98 Å². The Labute approximate surface area is 144 Å². The number of methoxy groups -OCH3 is 1. The van der Waals surface area contributed by atoms with Crippen molar-refractivity contribution in [1.82, 2.24) is 15.3 Å². The Morgan fingerprint density at radius 3 is 3.04 bits per heavy atom. The third-order valence-corrected chi connectivity index (χ3v) is 3.87. The van der Waals surface area contributed by atoms with Crippen molar-refractivity contribution < 1.29 is 19.0 Å². The molecule has 132 valence electrons. The predicted octanol–water partition coefficient (Wildman–Crippen LogP) is 0.745. The minimum atomic E-state index is -0.388. The van der Waals surface area contributed by atoms with Crippen LogP contribution in [-0.4, -0.2) is 48.3 Å². The van der Waals surface area contributed by atoms with Gasteiger partial charge in [-0.1, -0.05) is 6.07 Å². The lowest BCUT2D eigenvalue weighted by Gasteiger charge is -2.31. The number of carbonyl (C=O) groups is 1. The normalized spacial score (nSPS) is 19.9. The van der Waals surface area contributed by atoms with Crippen LogP contribution in [0.15, 0.2) is 41.5 Å². The van der Waals surface area contributed by atoms with Crippen molar-refractivity contribution in [2.24, 2.45) is 0 Å². The lowest BCUT2D eigenvalue weighted by Crippen LogP contribution is -2.51. The van der Waals surface area contributed by atoms with Crippen LogP contribution in [0.25, 0.3) is 0 Å². The van der Waals surface area contributed by atoms with E-state index >= 15 is 0 Å². The van der Waals surface area contributed by atoms with E-state index in [2.05, 4.69) is 15.3 Å². The number of hydrogen-bond donors (Lipinski definition) is 2. The molecule has 1 amide bonds. The maximum Gasteiger partial charge on any atom is 0.268 e. The highest BCUT2D eigenvalue weighted by molar-refractivity contribution is 5.92. The lowest BCUT2D eigenvalue weighted by molar-refractivity contribution is -0.0153. The number of rotatable bonds is 5. The molecule has 25 heavy (non-hydrogen) atoms. The van der Waals surface area contributed by atoms with Gasteiger partial charge in [0, 0.05) is 31.1 Å². The maximum atomic E-state index is 12.4. The SMILES string of the molecule is COc1c[nH]c(C(=O)N[C@@H]2CCOC[C@H]2Oc2ccccn2)cc1=O. The van der Waals surface area contributed by atoms with Crippen molar-refractivity contribution in [2.45, 2.75) is 18.6 Å². The zero-order valence-electron chi connectivity index (χ0n) is 13.7. The number of pyridine rings is 2. The quantitative estimate of drug-likeness (QED) is 0.829. The Balaban J connectivity index is 1.69. The van der Waals surface area contributed by atoms with E-state index in [0.29, 0.717) is 25.5 Å². The van der Waals surface area contributed by atoms with E-state index in [9.17, 15) is 9.59 Å². The number of ether oxygens (including phenoxy) is 3. The number of H-pyrrole nitrogens is 1. The first-order chi connectivity index (χ1) is 12.2. The van der Waals surface area contributed by atoms with Gasteiger partial charge in [-0.05, 0) is 12.5 Å². The Bertz CT molecular complexity index is 777. The van der Waals surface area contributed by atoms with E-state index in [-0.39, 0.29) is 34.9 Å². The molecule has 0 saturated carbocycles. The summed E-state index contributed by atoms with van der Waals surface area (Å²) < 4.78 is 16.2. The molecule has 2 atom stereocenters. The summed E-state index contributed by atoms with van der Waals surface area (Å²) in [5, 5.41) is 2.89. The molecule has 2 N–H and O–H groups in total. The average Bonchev–Trinajstić information content (AvgIpc) is 2.64. The monoisotopic (exact) mass is 345 g/mol. The van der Waals surface area contributed by atoms with E-state index in [4.69, 9.17) is 14.2 Å². The molecule has 1 saturated heterocycles. The first-order valence-corrected chi connectivity index (χ1v) is 7.90. The van der Waals surface area contributed by atoms with Gasteiger partial charge < -0.3 is 24.5 Å². The number of aromatic nitrogens is 2. The molecule has 1 fully saturated rings. The van der Waals surface area contributed by atoms with Crippen molar-refractivity contribution in [3.63, 3.8) is 0 Å². The van der Waals surface area contributed by atoms with Crippen molar-refractivity contribution in [1.29, 1.82) is 0 Å². The summed E-state index contributed by atoms with van der Waals surface area (Å²) in [6, 6.07) is 6.32. The summed E-state index contributed by atoms with van der Waals surface area (Å²) >= 11 is 0. The maximum absolute atomic E-state index is 12.4. The van der Waals surface area contributed by atoms with Gasteiger partial charge in [0.25, 0.3) is 5.91 Å². The Morgan fingerprint density at radius 1 is 1.44 bits per heavy atom. The molecule has 3 heterocycles. The third kappa shape index (κ3) is 4.16. The molecule has 8 nitrogen and oxygen atoms in total. The molecule has 1 aliphatic heterocycles. The molecule has 1 aliphatic rings. The highest BCUT2D eigenvalue weighted by atomic mass is 16.5. The van der Waals surface area contributed by atoms with Gasteiger partial charge in [0.2, 0.25) is 11.3 Å². The zero-order valence-corrected chi connectivity index (χ0v) is 13.7. The summed E-state index contributed by atoms with van der Waals surface area (Å²) in [6.07, 6.45) is 3.24. The van der Waals surface area contributed by atoms with Crippen LogP contribution in [0, 0.1) is 0 Å². The van der Waals surface area contributed by atoms with Gasteiger partial charge in [0.05, 0.1) is 19.8 Å². The van der Waals surface area contributed by atoms with Crippen LogP contribution in [0.3, 0.4) is 0 Å². The van der Waals surface area contributed by atoms with E-state index in [1.54, 1.807) is 18.3 Å². The standard InChI is InChI=1S/C17H19N3O5/c1-23-14-9-19-12(8-13(14)21)17(22)20-11-5-7-24-10-15(11)25-16-4-2-3-6-18-16/h2-4,6,8-9,11,15H,5,7,10H2,1H3,(H,19,21)(H,20,22)/t11-,15-/m1/s1. The van der Waals surface area contributed by atoms with Gasteiger partial charge in [0.15, 0.2) is 5.75 Å². The third-order valence-electron chi connectivity index (χ3n) is 3.87. The largest absolute Gasteiger partial charge is 0.491 e. The molecule has 2 aromatic heterocycles. The van der Waals surface area contributed by atoms with Crippen molar-refractivity contribution in [3.05, 3.63) is 52.6 Å². The van der Waals surface area contributed by atoms with Crippen LogP contribution >= 0.6 is 0 Å². The number of amides is 1. The van der Waals surface area contributed by atoms with Crippen LogP contribution in [-0.2, 0) is 4.74 Å². The molecule has 0 bridgehead atoms. The Morgan fingerprint density at radius 2 is 2.32 bits per heavy atom. The fourth-order valence-corrected chi connectivity index (χ4v) is 2.56. The van der Waals surface area contributed by atoms with E-state index in [1.165, 1.54) is 19.4 Å².